The van der Waals surface area contributed by atoms with Crippen molar-refractivity contribution in [3.63, 3.8) is 0 Å². The molecule has 248 valence electrons. The zero-order chi connectivity index (χ0) is 35.3. The Morgan fingerprint density at radius 2 is 1.38 bits per heavy atom. The van der Waals surface area contributed by atoms with Gasteiger partial charge in [0.15, 0.2) is 5.75 Å². The van der Waals surface area contributed by atoms with E-state index in [-0.39, 0.29) is 28.4 Å². The second-order valence-corrected chi connectivity index (χ2v) is 12.5. The fourth-order valence-corrected chi connectivity index (χ4v) is 5.79. The topological polar surface area (TPSA) is 187 Å². The average Bonchev–Trinajstić information content (AvgIpc) is 3.10. The van der Waals surface area contributed by atoms with Crippen LogP contribution in [0.3, 0.4) is 0 Å². The van der Waals surface area contributed by atoms with Crippen molar-refractivity contribution in [2.45, 2.75) is 11.3 Å². The summed E-state index contributed by atoms with van der Waals surface area (Å²) in [4.78, 5) is 9.68. The van der Waals surface area contributed by atoms with Crippen molar-refractivity contribution in [2.75, 3.05) is 0 Å². The number of benzene rings is 6. The normalized spacial score (nSPS) is 12.0. The van der Waals surface area contributed by atoms with Gasteiger partial charge < -0.3 is 10.2 Å². The van der Waals surface area contributed by atoms with Crippen LogP contribution in [0.25, 0.3) is 22.9 Å². The molecule has 0 aromatic heterocycles. The molecule has 0 radical (unpaired) electrons. The first kappa shape index (κ1) is 33.3. The van der Waals surface area contributed by atoms with Crippen LogP contribution in [0.2, 0.25) is 0 Å². The van der Waals surface area contributed by atoms with Gasteiger partial charge in [-0.2, -0.15) is 18.6 Å². The molecule has 0 aliphatic rings. The predicted molar refractivity (Wildman–Crippen MR) is 190 cm³/mol. The number of aromatic hydroxyl groups is 2. The highest BCUT2D eigenvalue weighted by atomic mass is 32.2. The first-order valence-electron chi connectivity index (χ1n) is 15.0. The van der Waals surface area contributed by atoms with Crippen LogP contribution in [0.15, 0.2) is 147 Å². The largest absolute Gasteiger partial charge is 0.506 e. The number of fused-ring (bicyclic) bond motifs is 1. The molecular formula is C37H27N5O7S. The van der Waals surface area contributed by atoms with E-state index in [1.54, 1.807) is 42.5 Å². The van der Waals surface area contributed by atoms with Crippen molar-refractivity contribution in [2.24, 2.45) is 20.5 Å². The van der Waals surface area contributed by atoms with Crippen LogP contribution in [0.5, 0.6) is 11.5 Å². The molecular weight excluding hydrogens is 659 g/mol. The number of nitro benzene ring substituents is 1. The van der Waals surface area contributed by atoms with Crippen molar-refractivity contribution in [1.82, 2.24) is 0 Å². The molecule has 0 saturated carbocycles. The van der Waals surface area contributed by atoms with Crippen LogP contribution in [0.1, 0.15) is 22.3 Å². The maximum atomic E-state index is 11.7. The molecule has 0 aliphatic heterocycles. The maximum Gasteiger partial charge on any atom is 0.295 e. The van der Waals surface area contributed by atoms with Gasteiger partial charge in [0.2, 0.25) is 0 Å². The number of nitro groups is 1. The monoisotopic (exact) mass is 685 g/mol. The Morgan fingerprint density at radius 1 is 0.680 bits per heavy atom. The number of non-ortho nitro benzene ring substituents is 1. The number of phenols is 2. The van der Waals surface area contributed by atoms with Crippen LogP contribution in [0.4, 0.5) is 28.4 Å². The Balaban J connectivity index is 1.11. The Bertz CT molecular complexity index is 2430. The van der Waals surface area contributed by atoms with Crippen molar-refractivity contribution < 1.29 is 28.1 Å². The minimum atomic E-state index is -4.70. The van der Waals surface area contributed by atoms with Crippen LogP contribution < -0.4 is 0 Å². The summed E-state index contributed by atoms with van der Waals surface area (Å²) >= 11 is 0. The molecule has 0 aliphatic carbocycles. The lowest BCUT2D eigenvalue weighted by molar-refractivity contribution is -0.385. The van der Waals surface area contributed by atoms with E-state index in [0.717, 1.165) is 29.5 Å². The van der Waals surface area contributed by atoms with Gasteiger partial charge in [0.05, 0.1) is 16.3 Å². The molecule has 6 aromatic carbocycles. The Labute approximate surface area is 286 Å². The lowest BCUT2D eigenvalue weighted by atomic mass is 10.0. The fourth-order valence-electron chi connectivity index (χ4n) is 5.09. The second kappa shape index (κ2) is 14.3. The minimum Gasteiger partial charge on any atom is -0.506 e. The van der Waals surface area contributed by atoms with Gasteiger partial charge in [-0.05, 0) is 70.5 Å². The van der Waals surface area contributed by atoms with Crippen molar-refractivity contribution in [3.05, 3.63) is 154 Å². The van der Waals surface area contributed by atoms with Gasteiger partial charge in [-0.3, -0.25) is 14.7 Å². The van der Waals surface area contributed by atoms with E-state index >= 15 is 0 Å². The van der Waals surface area contributed by atoms with Gasteiger partial charge in [0, 0.05) is 23.6 Å². The maximum absolute atomic E-state index is 11.7. The smallest absolute Gasteiger partial charge is 0.295 e. The van der Waals surface area contributed by atoms with Gasteiger partial charge in [-0.1, -0.05) is 78.9 Å². The lowest BCUT2D eigenvalue weighted by Gasteiger charge is -2.07. The van der Waals surface area contributed by atoms with Gasteiger partial charge in [-0.15, -0.1) is 10.2 Å². The number of hydrogen-bond acceptors (Lipinski definition) is 10. The summed E-state index contributed by atoms with van der Waals surface area (Å²) in [6, 6.07) is 33.9. The van der Waals surface area contributed by atoms with E-state index in [0.29, 0.717) is 22.3 Å². The summed E-state index contributed by atoms with van der Waals surface area (Å²) in [5, 5.41) is 50.5. The van der Waals surface area contributed by atoms with Gasteiger partial charge >= 0.3 is 0 Å². The van der Waals surface area contributed by atoms with E-state index in [2.05, 4.69) is 32.6 Å². The summed E-state index contributed by atoms with van der Waals surface area (Å²) in [7, 11) is -4.70. The van der Waals surface area contributed by atoms with Crippen molar-refractivity contribution in [1.29, 1.82) is 0 Å². The van der Waals surface area contributed by atoms with Gasteiger partial charge in [0.1, 0.15) is 22.0 Å². The predicted octanol–water partition coefficient (Wildman–Crippen LogP) is 10.00. The zero-order valence-electron chi connectivity index (χ0n) is 26.0. The number of phenolic OH excluding ortho intramolecular Hbond substituents is 2. The van der Waals surface area contributed by atoms with E-state index in [4.69, 9.17) is 0 Å². The summed E-state index contributed by atoms with van der Waals surface area (Å²) in [5.41, 5.74) is 3.83. The molecule has 0 amide bonds. The molecule has 0 fully saturated rings. The molecule has 0 unspecified atom stereocenters. The molecule has 0 spiro atoms. The highest BCUT2D eigenvalue weighted by Crippen LogP contribution is 2.38. The summed E-state index contributed by atoms with van der Waals surface area (Å²) < 4.78 is 33.0. The molecule has 0 bridgehead atoms. The third-order valence-electron chi connectivity index (χ3n) is 7.63. The molecule has 0 atom stereocenters. The van der Waals surface area contributed by atoms with Crippen LogP contribution in [0, 0.1) is 10.1 Å². The van der Waals surface area contributed by atoms with Crippen molar-refractivity contribution >= 4 is 61.5 Å². The van der Waals surface area contributed by atoms with E-state index in [9.17, 15) is 33.3 Å². The molecule has 50 heavy (non-hydrogen) atoms. The molecule has 0 heterocycles. The first-order valence-corrected chi connectivity index (χ1v) is 16.5. The summed E-state index contributed by atoms with van der Waals surface area (Å²) in [6.45, 7) is 0. The molecule has 3 N–H and O–H groups in total. The first-order chi connectivity index (χ1) is 24.0. The molecule has 0 saturated heterocycles. The molecule has 6 aromatic rings. The zero-order valence-corrected chi connectivity index (χ0v) is 26.8. The fraction of sp³-hybridized carbons (Fsp3) is 0.0270. The summed E-state index contributed by atoms with van der Waals surface area (Å²) in [5.74, 6) is -0.204. The van der Waals surface area contributed by atoms with Crippen LogP contribution >= 0.6 is 0 Å². The second-order valence-electron chi connectivity index (χ2n) is 11.1. The highest BCUT2D eigenvalue weighted by molar-refractivity contribution is 7.86. The Kier molecular flexibility index (Phi) is 9.52. The number of azo groups is 2. The van der Waals surface area contributed by atoms with E-state index in [1.807, 2.05) is 42.5 Å². The quantitative estimate of drug-likeness (QED) is 0.0420. The third kappa shape index (κ3) is 7.93. The van der Waals surface area contributed by atoms with Crippen molar-refractivity contribution in [3.8, 4) is 11.5 Å². The summed E-state index contributed by atoms with van der Waals surface area (Å²) in [6.07, 6.45) is 3.76. The highest BCUT2D eigenvalue weighted by Gasteiger charge is 2.19. The lowest BCUT2D eigenvalue weighted by Crippen LogP contribution is -2.02. The Hall–Kier alpha value is -6.57. The standard InChI is InChI=1S/C37H27N5O7S/c43-35-22-30(39-38-29-13-7-24(8-14-29)6-10-27-11-16-31(42(45)46)23-36(27)50(47,48)49)15-19-33(35)40-41-34-18-12-28-21-26(9-17-32(28)37(34)44)20-25-4-2-1-3-5-25/h1-19,21-23,43-44H,20H2,(H,47,48,49). The molecule has 12 nitrogen and oxygen atoms in total. The Morgan fingerprint density at radius 3 is 2.10 bits per heavy atom. The molecule has 13 heteroatoms. The number of nitrogens with zero attached hydrogens (tertiary/aromatic N) is 5. The van der Waals surface area contributed by atoms with E-state index in [1.165, 1.54) is 29.8 Å². The molecule has 6 rings (SSSR count). The van der Waals surface area contributed by atoms with Gasteiger partial charge in [-0.25, -0.2) is 0 Å². The van der Waals surface area contributed by atoms with Crippen LogP contribution in [-0.2, 0) is 16.5 Å². The van der Waals surface area contributed by atoms with Crippen LogP contribution in [-0.4, -0.2) is 28.1 Å². The SMILES string of the molecule is O=[N+]([O-])c1ccc(C=Cc2ccc(N=Nc3ccc(N=Nc4ccc5cc(Cc6ccccc6)ccc5c4O)c(O)c3)cc2)c(S(=O)(=O)O)c1. The number of hydrogen-bond donors (Lipinski definition) is 3. The average molecular weight is 686 g/mol. The minimum absolute atomic E-state index is 0.0156. The van der Waals surface area contributed by atoms with E-state index < -0.39 is 25.6 Å². The van der Waals surface area contributed by atoms with Gasteiger partial charge in [0.25, 0.3) is 15.8 Å². The third-order valence-corrected chi connectivity index (χ3v) is 8.53. The number of rotatable bonds is 10.